The van der Waals surface area contributed by atoms with Crippen molar-refractivity contribution >= 4 is 28.4 Å². The molecule has 0 bridgehead atoms. The van der Waals surface area contributed by atoms with E-state index in [1.165, 1.54) is 14.7 Å². The predicted molar refractivity (Wildman–Crippen MR) is 132 cm³/mol. The summed E-state index contributed by atoms with van der Waals surface area (Å²) in [6.07, 6.45) is 0. The first-order valence-electron chi connectivity index (χ1n) is 9.81. The van der Waals surface area contributed by atoms with Gasteiger partial charge in [-0.3, -0.25) is 4.79 Å². The van der Waals surface area contributed by atoms with Gasteiger partial charge in [-0.25, -0.2) is 0 Å². The molecule has 0 aliphatic carbocycles. The lowest BCUT2D eigenvalue weighted by molar-refractivity contribution is -0.114. The maximum atomic E-state index is 11.1. The second kappa shape index (κ2) is 15.9. The molecular formula is C26H35OS2+. The molecule has 0 aliphatic rings. The summed E-state index contributed by atoms with van der Waals surface area (Å²) in [6, 6.07) is 29.8. The van der Waals surface area contributed by atoms with E-state index in [0.717, 1.165) is 4.90 Å². The van der Waals surface area contributed by atoms with Crippen molar-refractivity contribution < 1.29 is 4.79 Å². The summed E-state index contributed by atoms with van der Waals surface area (Å²) < 4.78 is 0. The zero-order valence-electron chi connectivity index (χ0n) is 17.5. The van der Waals surface area contributed by atoms with Gasteiger partial charge in [0.2, 0.25) is 0 Å². The molecule has 0 radical (unpaired) electrons. The van der Waals surface area contributed by atoms with E-state index in [1.807, 2.05) is 27.7 Å². The van der Waals surface area contributed by atoms with E-state index in [2.05, 4.69) is 84.9 Å². The van der Waals surface area contributed by atoms with Crippen LogP contribution in [0.2, 0.25) is 0 Å². The molecule has 0 atom stereocenters. The predicted octanol–water partition coefficient (Wildman–Crippen LogP) is 8.15. The minimum atomic E-state index is -0.112. The largest absolute Gasteiger partial charge is 0.299 e. The fraction of sp³-hybridized carbons (Fsp3) is 0.269. The van der Waals surface area contributed by atoms with E-state index < -0.39 is 0 Å². The van der Waals surface area contributed by atoms with Crippen molar-refractivity contribution in [3.05, 3.63) is 84.9 Å². The van der Waals surface area contributed by atoms with Crippen LogP contribution in [0.1, 0.15) is 42.0 Å². The lowest BCUT2D eigenvalue weighted by Crippen LogP contribution is -2.04. The molecule has 0 N–H and O–H groups in total. The van der Waals surface area contributed by atoms with Gasteiger partial charge in [-0.15, -0.1) is 11.8 Å². The van der Waals surface area contributed by atoms with Gasteiger partial charge >= 0.3 is 0 Å². The number of benzene rings is 3. The molecule has 0 unspecified atom stereocenters. The summed E-state index contributed by atoms with van der Waals surface area (Å²) in [5, 5.41) is 0. The van der Waals surface area contributed by atoms with Crippen LogP contribution >= 0.6 is 11.8 Å². The Morgan fingerprint density at radius 1 is 0.690 bits per heavy atom. The summed E-state index contributed by atoms with van der Waals surface area (Å²) in [4.78, 5) is 16.2. The number of rotatable bonds is 6. The first kappa shape index (κ1) is 27.0. The lowest BCUT2D eigenvalue weighted by atomic mass is 10.4. The topological polar surface area (TPSA) is 17.1 Å². The molecule has 0 saturated carbocycles. The molecule has 0 spiro atoms. The van der Waals surface area contributed by atoms with Crippen LogP contribution in [-0.2, 0) is 15.7 Å². The Bertz CT molecular complexity index is 744. The van der Waals surface area contributed by atoms with Crippen molar-refractivity contribution in [3.63, 3.8) is 0 Å². The third kappa shape index (κ3) is 8.93. The molecule has 0 amide bonds. The summed E-state index contributed by atoms with van der Waals surface area (Å²) in [5.74, 6) is 0.736. The molecule has 1 nitrogen and oxygen atoms in total. The lowest BCUT2D eigenvalue weighted by Gasteiger charge is -2.08. The Hall–Kier alpha value is -1.97. The van der Waals surface area contributed by atoms with E-state index in [4.69, 9.17) is 0 Å². The Morgan fingerprint density at radius 3 is 1.45 bits per heavy atom. The van der Waals surface area contributed by atoms with Crippen molar-refractivity contribution in [1.82, 2.24) is 0 Å². The highest BCUT2D eigenvalue weighted by molar-refractivity contribution is 8.00. The van der Waals surface area contributed by atoms with Gasteiger partial charge in [0.05, 0.1) is 16.6 Å². The van der Waals surface area contributed by atoms with Gasteiger partial charge in [-0.2, -0.15) is 0 Å². The molecule has 3 aromatic carbocycles. The standard InChI is InChI=1S/C21H19OS2.2C2H6.CH4/c1-17(22)16-23-18-12-14-21(15-13-18)24(19-8-4-2-5-9-19)20-10-6-3-7-11-20;2*1-2;/h2-15H,16H2,1H3;2*1-2H3;1H4/q+1;;;. The Kier molecular flexibility index (Phi) is 14.8. The van der Waals surface area contributed by atoms with Gasteiger partial charge in [0, 0.05) is 4.90 Å². The molecule has 0 fully saturated rings. The zero-order chi connectivity index (χ0) is 20.8. The quantitative estimate of drug-likeness (QED) is 0.291. The smallest absolute Gasteiger partial charge is 0.166 e. The normalized spacial score (nSPS) is 9.31. The van der Waals surface area contributed by atoms with Crippen molar-refractivity contribution in [1.29, 1.82) is 0 Å². The van der Waals surface area contributed by atoms with Crippen LogP contribution in [-0.4, -0.2) is 11.5 Å². The Morgan fingerprint density at radius 2 is 1.07 bits per heavy atom. The highest BCUT2D eigenvalue weighted by Gasteiger charge is 2.27. The van der Waals surface area contributed by atoms with Gasteiger partial charge < -0.3 is 0 Å². The Labute approximate surface area is 185 Å². The molecular weight excluding hydrogens is 392 g/mol. The van der Waals surface area contributed by atoms with Crippen molar-refractivity contribution in [2.75, 3.05) is 5.75 Å². The molecule has 0 aliphatic heterocycles. The summed E-state index contributed by atoms with van der Waals surface area (Å²) in [6.45, 7) is 9.63. The van der Waals surface area contributed by atoms with E-state index in [-0.39, 0.29) is 24.1 Å². The highest BCUT2D eigenvalue weighted by atomic mass is 32.2. The molecule has 0 saturated heterocycles. The van der Waals surface area contributed by atoms with Gasteiger partial charge in [0.1, 0.15) is 5.78 Å². The zero-order valence-corrected chi connectivity index (χ0v) is 19.1. The van der Waals surface area contributed by atoms with Gasteiger partial charge in [-0.05, 0) is 55.5 Å². The Balaban J connectivity index is 0.00000148. The summed E-state index contributed by atoms with van der Waals surface area (Å²) >= 11 is 1.59. The van der Waals surface area contributed by atoms with Gasteiger partial charge in [0.25, 0.3) is 0 Å². The average molecular weight is 428 g/mol. The first-order valence-corrected chi connectivity index (χ1v) is 12.0. The molecule has 0 heterocycles. The molecule has 0 aromatic heterocycles. The van der Waals surface area contributed by atoms with E-state index in [0.29, 0.717) is 5.75 Å². The number of Topliss-reactive ketones (excluding diaryl/α,β-unsaturated/α-hetero) is 1. The third-order valence-corrected chi connectivity index (χ3v) is 6.85. The number of hydrogen-bond acceptors (Lipinski definition) is 2. The van der Waals surface area contributed by atoms with Crippen LogP contribution in [0.4, 0.5) is 0 Å². The number of ketones is 1. The van der Waals surface area contributed by atoms with Crippen LogP contribution in [0, 0.1) is 0 Å². The van der Waals surface area contributed by atoms with Crippen LogP contribution in [0.25, 0.3) is 0 Å². The highest BCUT2D eigenvalue weighted by Crippen LogP contribution is 2.32. The second-order valence-electron chi connectivity index (χ2n) is 5.39. The van der Waals surface area contributed by atoms with Crippen LogP contribution in [0.5, 0.6) is 0 Å². The van der Waals surface area contributed by atoms with E-state index in [9.17, 15) is 4.79 Å². The molecule has 3 heteroatoms. The fourth-order valence-corrected chi connectivity index (χ4v) is 5.16. The monoisotopic (exact) mass is 427 g/mol. The minimum absolute atomic E-state index is 0. The van der Waals surface area contributed by atoms with E-state index >= 15 is 0 Å². The second-order valence-corrected chi connectivity index (χ2v) is 8.47. The maximum absolute atomic E-state index is 11.1. The molecule has 3 rings (SSSR count). The SMILES string of the molecule is C.CC.CC.CC(=O)CSc1ccc([S+](c2ccccc2)c2ccccc2)cc1. The van der Waals surface area contributed by atoms with Gasteiger partial charge in [0.15, 0.2) is 14.7 Å². The number of carbonyl (C=O) groups is 1. The van der Waals surface area contributed by atoms with Gasteiger partial charge in [-0.1, -0.05) is 71.5 Å². The number of thioether (sulfide) groups is 1. The van der Waals surface area contributed by atoms with Crippen molar-refractivity contribution in [2.45, 2.75) is 61.6 Å². The third-order valence-electron chi connectivity index (χ3n) is 3.46. The van der Waals surface area contributed by atoms with Crippen molar-refractivity contribution in [3.8, 4) is 0 Å². The molecule has 3 aromatic rings. The first-order chi connectivity index (χ1) is 13.7. The fourth-order valence-electron chi connectivity index (χ4n) is 2.38. The average Bonchev–Trinajstić information content (AvgIpc) is 2.78. The minimum Gasteiger partial charge on any atom is -0.299 e. The molecule has 29 heavy (non-hydrogen) atoms. The maximum Gasteiger partial charge on any atom is 0.166 e. The van der Waals surface area contributed by atoms with Crippen LogP contribution < -0.4 is 0 Å². The summed E-state index contributed by atoms with van der Waals surface area (Å²) in [7, 11) is -0.112. The number of carbonyl (C=O) groups excluding carboxylic acids is 1. The van der Waals surface area contributed by atoms with Crippen LogP contribution in [0.3, 0.4) is 0 Å². The summed E-state index contributed by atoms with van der Waals surface area (Å²) in [5.41, 5.74) is 0. The van der Waals surface area contributed by atoms with Crippen LogP contribution in [0.15, 0.2) is 105 Å². The van der Waals surface area contributed by atoms with Crippen molar-refractivity contribution in [2.24, 2.45) is 0 Å². The molecule has 156 valence electrons. The number of hydrogen-bond donors (Lipinski definition) is 0. The van der Waals surface area contributed by atoms with E-state index in [1.54, 1.807) is 18.7 Å².